The number of hydrogen-bond donors (Lipinski definition) is 0. The highest BCUT2D eigenvalue weighted by molar-refractivity contribution is 7.91. The Morgan fingerprint density at radius 1 is 1.14 bits per heavy atom. The summed E-state index contributed by atoms with van der Waals surface area (Å²) in [7, 11) is -6.22. The summed E-state index contributed by atoms with van der Waals surface area (Å²) in [6, 6.07) is 2.69. The van der Waals surface area contributed by atoms with E-state index in [9.17, 15) is 21.2 Å². The van der Waals surface area contributed by atoms with Gasteiger partial charge in [-0.25, -0.2) is 21.2 Å². The molecule has 0 heterocycles. The number of rotatable bonds is 4. The van der Waals surface area contributed by atoms with Crippen molar-refractivity contribution in [3.63, 3.8) is 0 Å². The van der Waals surface area contributed by atoms with Gasteiger partial charge < -0.3 is 0 Å². The van der Waals surface area contributed by atoms with Gasteiger partial charge in [-0.1, -0.05) is 12.8 Å². The van der Waals surface area contributed by atoms with Crippen LogP contribution in [0.2, 0.25) is 0 Å². The number of sulfone groups is 1. The van der Waals surface area contributed by atoms with Gasteiger partial charge in [0.25, 0.3) is 0 Å². The molecule has 8 heteroatoms. The number of sulfonamides is 1. The van der Waals surface area contributed by atoms with E-state index in [1.165, 1.54) is 7.05 Å². The van der Waals surface area contributed by atoms with Gasteiger partial charge >= 0.3 is 0 Å². The topological polar surface area (TPSA) is 71.5 Å². The Morgan fingerprint density at radius 3 is 2.24 bits per heavy atom. The predicted molar refractivity (Wildman–Crippen MR) is 76.7 cm³/mol. The lowest BCUT2D eigenvalue weighted by molar-refractivity contribution is 0.370. The van der Waals surface area contributed by atoms with Gasteiger partial charge in [0.1, 0.15) is 10.7 Å². The zero-order valence-electron chi connectivity index (χ0n) is 11.9. The molecule has 0 saturated heterocycles. The first-order valence-corrected chi connectivity index (χ1v) is 9.95. The highest BCUT2D eigenvalue weighted by atomic mass is 32.2. The van der Waals surface area contributed by atoms with Gasteiger partial charge in [-0.15, -0.1) is 0 Å². The summed E-state index contributed by atoms with van der Waals surface area (Å²) < 4.78 is 63.1. The largest absolute Gasteiger partial charge is 0.246 e. The monoisotopic (exact) mass is 335 g/mol. The van der Waals surface area contributed by atoms with E-state index in [1.54, 1.807) is 0 Å². The highest BCUT2D eigenvalue weighted by Gasteiger charge is 2.32. The first-order valence-electron chi connectivity index (χ1n) is 6.61. The van der Waals surface area contributed by atoms with Gasteiger partial charge in [0.15, 0.2) is 9.84 Å². The molecule has 1 aliphatic carbocycles. The van der Waals surface area contributed by atoms with Crippen LogP contribution in [0.1, 0.15) is 25.7 Å². The first-order chi connectivity index (χ1) is 9.64. The molecule has 0 radical (unpaired) electrons. The number of benzene rings is 1. The van der Waals surface area contributed by atoms with Crippen LogP contribution in [-0.4, -0.2) is 40.5 Å². The smallest absolute Gasteiger partial charge is 0.224 e. The Labute approximate surface area is 124 Å². The molecular formula is C13H18FNO4S2. The van der Waals surface area contributed by atoms with E-state index in [4.69, 9.17) is 0 Å². The van der Waals surface area contributed by atoms with Gasteiger partial charge in [-0.2, -0.15) is 4.31 Å². The Kier molecular flexibility index (Phi) is 4.41. The molecule has 0 bridgehead atoms. The summed E-state index contributed by atoms with van der Waals surface area (Å²) in [4.78, 5) is -0.790. The van der Waals surface area contributed by atoms with Gasteiger partial charge in [0.05, 0.1) is 4.90 Å². The minimum Gasteiger partial charge on any atom is -0.224 e. The molecule has 5 nitrogen and oxygen atoms in total. The molecular weight excluding hydrogens is 317 g/mol. The van der Waals surface area contributed by atoms with Crippen molar-refractivity contribution in [2.24, 2.45) is 0 Å². The molecule has 0 N–H and O–H groups in total. The van der Waals surface area contributed by atoms with Gasteiger partial charge in [0.2, 0.25) is 10.0 Å². The lowest BCUT2D eigenvalue weighted by atomic mass is 10.3. The minimum absolute atomic E-state index is 0.156. The van der Waals surface area contributed by atoms with Crippen molar-refractivity contribution in [3.8, 4) is 0 Å². The Balaban J connectivity index is 2.48. The van der Waals surface area contributed by atoms with E-state index in [-0.39, 0.29) is 10.9 Å². The summed E-state index contributed by atoms with van der Waals surface area (Å²) in [5, 5.41) is 0. The van der Waals surface area contributed by atoms with Gasteiger partial charge in [-0.3, -0.25) is 0 Å². The van der Waals surface area contributed by atoms with Crippen LogP contribution in [0.25, 0.3) is 0 Å². The van der Waals surface area contributed by atoms with Crippen LogP contribution in [-0.2, 0) is 19.9 Å². The summed E-state index contributed by atoms with van der Waals surface area (Å²) in [5.74, 6) is -0.938. The Morgan fingerprint density at radius 2 is 1.71 bits per heavy atom. The fourth-order valence-corrected chi connectivity index (χ4v) is 4.76. The molecule has 2 rings (SSSR count). The van der Waals surface area contributed by atoms with Gasteiger partial charge in [0, 0.05) is 19.3 Å². The summed E-state index contributed by atoms with van der Waals surface area (Å²) >= 11 is 0. The van der Waals surface area contributed by atoms with E-state index in [0.29, 0.717) is 0 Å². The summed E-state index contributed by atoms with van der Waals surface area (Å²) in [6.45, 7) is 0. The number of nitrogens with zero attached hydrogens (tertiary/aromatic N) is 1. The van der Waals surface area contributed by atoms with E-state index >= 15 is 0 Å². The summed E-state index contributed by atoms with van der Waals surface area (Å²) in [5.41, 5.74) is 0. The minimum atomic E-state index is -4.04. The van der Waals surface area contributed by atoms with Gasteiger partial charge in [-0.05, 0) is 31.0 Å². The first kappa shape index (κ1) is 16.4. The Bertz CT molecular complexity index is 737. The standard InChI is InChI=1S/C13H18FNO4S2/c1-15(10-5-3-4-6-10)21(18,19)13-9-11(20(2,16)17)7-8-12(13)14/h7-10H,3-6H2,1-2H3. The van der Waals surface area contributed by atoms with E-state index in [1.807, 2.05) is 0 Å². The maximum absolute atomic E-state index is 13.9. The molecule has 0 aromatic heterocycles. The lowest BCUT2D eigenvalue weighted by Crippen LogP contribution is -2.35. The second-order valence-electron chi connectivity index (χ2n) is 5.32. The molecule has 1 fully saturated rings. The lowest BCUT2D eigenvalue weighted by Gasteiger charge is -2.24. The van der Waals surface area contributed by atoms with Crippen molar-refractivity contribution in [2.75, 3.05) is 13.3 Å². The van der Waals surface area contributed by atoms with Crippen molar-refractivity contribution >= 4 is 19.9 Å². The van der Waals surface area contributed by atoms with Crippen molar-refractivity contribution in [3.05, 3.63) is 24.0 Å². The zero-order chi connectivity index (χ0) is 15.8. The predicted octanol–water partition coefficient (Wildman–Crippen LogP) is 1.79. The third-order valence-corrected chi connectivity index (χ3v) is 6.86. The van der Waals surface area contributed by atoms with E-state index in [0.717, 1.165) is 54.4 Å². The number of hydrogen-bond acceptors (Lipinski definition) is 4. The maximum atomic E-state index is 13.9. The molecule has 0 spiro atoms. The normalized spacial score (nSPS) is 17.5. The van der Waals surface area contributed by atoms with Crippen LogP contribution in [0.4, 0.5) is 4.39 Å². The molecule has 0 aliphatic heterocycles. The van der Waals surface area contributed by atoms with Crippen molar-refractivity contribution in [2.45, 2.75) is 41.5 Å². The average Bonchev–Trinajstić information content (AvgIpc) is 2.90. The average molecular weight is 335 g/mol. The van der Waals surface area contributed by atoms with Crippen LogP contribution in [0.3, 0.4) is 0 Å². The third kappa shape index (κ3) is 3.27. The maximum Gasteiger partial charge on any atom is 0.246 e. The molecule has 21 heavy (non-hydrogen) atoms. The zero-order valence-corrected chi connectivity index (χ0v) is 13.5. The molecule has 1 aliphatic rings. The molecule has 1 aromatic carbocycles. The third-order valence-electron chi connectivity index (χ3n) is 3.83. The van der Waals surface area contributed by atoms with E-state index in [2.05, 4.69) is 0 Å². The molecule has 0 amide bonds. The second-order valence-corrected chi connectivity index (χ2v) is 9.31. The quantitative estimate of drug-likeness (QED) is 0.787. The molecule has 118 valence electrons. The summed E-state index contributed by atoms with van der Waals surface area (Å²) in [6.07, 6.45) is 4.32. The SMILES string of the molecule is CN(C1CCCC1)S(=O)(=O)c1cc(S(C)(=O)=O)ccc1F. The molecule has 0 atom stereocenters. The molecule has 1 saturated carbocycles. The van der Waals surface area contributed by atoms with E-state index < -0.39 is 30.6 Å². The fraction of sp³-hybridized carbons (Fsp3) is 0.538. The number of halogens is 1. The molecule has 1 aromatic rings. The van der Waals surface area contributed by atoms with Crippen LogP contribution in [0, 0.1) is 5.82 Å². The second kappa shape index (κ2) is 5.66. The van der Waals surface area contributed by atoms with Crippen LogP contribution in [0.5, 0.6) is 0 Å². The van der Waals surface area contributed by atoms with Crippen molar-refractivity contribution < 1.29 is 21.2 Å². The van der Waals surface area contributed by atoms with Crippen LogP contribution >= 0.6 is 0 Å². The van der Waals surface area contributed by atoms with Crippen molar-refractivity contribution in [1.29, 1.82) is 0 Å². The van der Waals surface area contributed by atoms with Crippen LogP contribution in [0.15, 0.2) is 28.0 Å². The van der Waals surface area contributed by atoms with Crippen LogP contribution < -0.4 is 0 Å². The fourth-order valence-electron chi connectivity index (χ4n) is 2.53. The molecule has 0 unspecified atom stereocenters. The Hall–Kier alpha value is -0.990. The van der Waals surface area contributed by atoms with Crippen molar-refractivity contribution in [1.82, 2.24) is 4.31 Å². The highest BCUT2D eigenvalue weighted by Crippen LogP contribution is 2.29.